The van der Waals surface area contributed by atoms with Crippen molar-refractivity contribution in [3.05, 3.63) is 35.8 Å². The van der Waals surface area contributed by atoms with Gasteiger partial charge in [0.05, 0.1) is 12.8 Å². The van der Waals surface area contributed by atoms with Crippen LogP contribution in [0.4, 0.5) is 0 Å². The van der Waals surface area contributed by atoms with E-state index < -0.39 is 0 Å². The number of furan rings is 1. The highest BCUT2D eigenvalue weighted by Crippen LogP contribution is 2.12. The molecule has 0 aliphatic carbocycles. The van der Waals surface area contributed by atoms with E-state index in [-0.39, 0.29) is 24.0 Å². The second kappa shape index (κ2) is 9.05. The van der Waals surface area contributed by atoms with Gasteiger partial charge in [-0.25, -0.2) is 9.67 Å². The van der Waals surface area contributed by atoms with Gasteiger partial charge in [0.25, 0.3) is 0 Å². The molecule has 3 rings (SSSR count). The lowest BCUT2D eigenvalue weighted by Gasteiger charge is -2.25. The third-order valence-electron chi connectivity index (χ3n) is 3.86. The van der Waals surface area contributed by atoms with Gasteiger partial charge in [0.15, 0.2) is 5.96 Å². The van der Waals surface area contributed by atoms with E-state index in [9.17, 15) is 0 Å². The van der Waals surface area contributed by atoms with Crippen LogP contribution in [0.15, 0.2) is 27.8 Å². The molecule has 7 nitrogen and oxygen atoms in total. The van der Waals surface area contributed by atoms with Crippen molar-refractivity contribution >= 4 is 29.9 Å². The van der Waals surface area contributed by atoms with Gasteiger partial charge in [0.2, 0.25) is 0 Å². The van der Waals surface area contributed by atoms with Crippen molar-refractivity contribution in [2.75, 3.05) is 13.1 Å². The Morgan fingerprint density at radius 3 is 3.12 bits per heavy atom. The van der Waals surface area contributed by atoms with Gasteiger partial charge in [0, 0.05) is 32.0 Å². The molecule has 0 aromatic carbocycles. The van der Waals surface area contributed by atoms with Crippen molar-refractivity contribution in [1.29, 1.82) is 0 Å². The number of aliphatic imine (C=N–C) groups is 1. The van der Waals surface area contributed by atoms with Crippen LogP contribution in [0.2, 0.25) is 0 Å². The average Bonchev–Trinajstić information content (AvgIpc) is 3.15. The van der Waals surface area contributed by atoms with E-state index in [1.54, 1.807) is 6.26 Å². The molecule has 0 amide bonds. The van der Waals surface area contributed by atoms with Crippen LogP contribution in [0.1, 0.15) is 30.8 Å². The molecule has 8 heteroatoms. The fourth-order valence-electron chi connectivity index (χ4n) is 2.80. The molecule has 0 fully saturated rings. The van der Waals surface area contributed by atoms with E-state index in [0.717, 1.165) is 55.7 Å². The molecule has 3 heterocycles. The minimum Gasteiger partial charge on any atom is -0.469 e. The summed E-state index contributed by atoms with van der Waals surface area (Å²) >= 11 is 0. The van der Waals surface area contributed by atoms with Crippen molar-refractivity contribution in [3.8, 4) is 0 Å². The molecule has 132 valence electrons. The summed E-state index contributed by atoms with van der Waals surface area (Å²) in [6, 6.07) is 4.21. The van der Waals surface area contributed by atoms with Crippen LogP contribution in [-0.4, -0.2) is 39.9 Å². The first-order valence-electron chi connectivity index (χ1n) is 8.22. The minimum atomic E-state index is 0. The van der Waals surface area contributed by atoms with Gasteiger partial charge >= 0.3 is 0 Å². The molecule has 1 unspecified atom stereocenters. The van der Waals surface area contributed by atoms with E-state index >= 15 is 0 Å². The first-order valence-corrected chi connectivity index (χ1v) is 8.22. The zero-order valence-electron chi connectivity index (χ0n) is 14.2. The highest BCUT2D eigenvalue weighted by molar-refractivity contribution is 14.0. The number of aryl methyl sites for hydroxylation is 2. The Morgan fingerprint density at radius 1 is 1.50 bits per heavy atom. The minimum absolute atomic E-state index is 0. The van der Waals surface area contributed by atoms with Gasteiger partial charge in [-0.15, -0.1) is 24.0 Å². The van der Waals surface area contributed by atoms with Crippen molar-refractivity contribution < 1.29 is 4.42 Å². The Hall–Kier alpha value is -1.58. The van der Waals surface area contributed by atoms with Crippen LogP contribution in [-0.2, 0) is 19.4 Å². The van der Waals surface area contributed by atoms with Crippen molar-refractivity contribution in [3.63, 3.8) is 0 Å². The Kier molecular flexibility index (Phi) is 7.07. The number of hydrogen-bond acceptors (Lipinski definition) is 4. The first-order chi connectivity index (χ1) is 11.2. The zero-order valence-corrected chi connectivity index (χ0v) is 16.5. The standard InChI is InChI=1S/C16H24N6O.HI/c1-3-17-16(18-9-8-14-5-4-10-23-14)20-13-6-7-15-19-12(2)21-22(15)11-13;/h4-5,10,13H,3,6-9,11H2,1-2H3,(H2,17,18,20);1H. The van der Waals surface area contributed by atoms with Gasteiger partial charge in [0.1, 0.15) is 17.4 Å². The first kappa shape index (κ1) is 18.8. The molecular weight excluding hydrogens is 419 g/mol. The number of aromatic nitrogens is 3. The number of rotatable bonds is 5. The molecule has 1 aliphatic heterocycles. The molecule has 0 radical (unpaired) electrons. The number of hydrogen-bond donors (Lipinski definition) is 2. The smallest absolute Gasteiger partial charge is 0.191 e. The Balaban J connectivity index is 0.00000208. The lowest BCUT2D eigenvalue weighted by molar-refractivity contribution is 0.392. The highest BCUT2D eigenvalue weighted by atomic mass is 127. The van der Waals surface area contributed by atoms with Crippen molar-refractivity contribution in [2.45, 2.75) is 45.7 Å². The quantitative estimate of drug-likeness (QED) is 0.419. The molecule has 0 saturated carbocycles. The summed E-state index contributed by atoms with van der Waals surface area (Å²) < 4.78 is 7.34. The summed E-state index contributed by atoms with van der Waals surface area (Å²) in [6.45, 7) is 6.38. The molecule has 1 atom stereocenters. The number of guanidine groups is 1. The zero-order chi connectivity index (χ0) is 16.1. The van der Waals surface area contributed by atoms with E-state index in [2.05, 4.69) is 32.6 Å². The second-order valence-electron chi connectivity index (χ2n) is 5.73. The second-order valence-corrected chi connectivity index (χ2v) is 5.73. The van der Waals surface area contributed by atoms with Gasteiger partial charge in [-0.05, 0) is 32.4 Å². The Bertz CT molecular complexity index is 652. The highest BCUT2D eigenvalue weighted by Gasteiger charge is 2.21. The number of halogens is 1. The van der Waals surface area contributed by atoms with Crippen LogP contribution < -0.4 is 10.6 Å². The largest absolute Gasteiger partial charge is 0.469 e. The normalized spacial score (nSPS) is 17.1. The summed E-state index contributed by atoms with van der Waals surface area (Å²) in [4.78, 5) is 9.08. The van der Waals surface area contributed by atoms with Gasteiger partial charge < -0.3 is 15.1 Å². The van der Waals surface area contributed by atoms with E-state index in [1.165, 1.54) is 0 Å². The summed E-state index contributed by atoms with van der Waals surface area (Å²) in [5.41, 5.74) is 0. The van der Waals surface area contributed by atoms with Crippen LogP contribution in [0, 0.1) is 6.92 Å². The van der Waals surface area contributed by atoms with E-state index in [4.69, 9.17) is 4.42 Å². The molecule has 0 saturated heterocycles. The monoisotopic (exact) mass is 444 g/mol. The average molecular weight is 444 g/mol. The molecule has 2 N–H and O–H groups in total. The molecule has 2 aromatic heterocycles. The third-order valence-corrected chi connectivity index (χ3v) is 3.86. The maximum atomic E-state index is 5.34. The van der Waals surface area contributed by atoms with Crippen molar-refractivity contribution in [2.24, 2.45) is 4.99 Å². The molecule has 2 aromatic rings. The molecule has 1 aliphatic rings. The molecule has 0 spiro atoms. The van der Waals surface area contributed by atoms with Gasteiger partial charge in [-0.3, -0.25) is 4.99 Å². The molecule has 0 bridgehead atoms. The number of nitrogens with zero attached hydrogens (tertiary/aromatic N) is 4. The van der Waals surface area contributed by atoms with Gasteiger partial charge in [-0.2, -0.15) is 5.10 Å². The third kappa shape index (κ3) is 4.96. The van der Waals surface area contributed by atoms with E-state index in [1.807, 2.05) is 23.7 Å². The summed E-state index contributed by atoms with van der Waals surface area (Å²) in [6.07, 6.45) is 4.49. The van der Waals surface area contributed by atoms with Crippen LogP contribution in [0.5, 0.6) is 0 Å². The number of nitrogens with one attached hydrogen (secondary N) is 2. The Labute approximate surface area is 159 Å². The molecule has 24 heavy (non-hydrogen) atoms. The maximum Gasteiger partial charge on any atom is 0.191 e. The summed E-state index contributed by atoms with van der Waals surface area (Å²) in [5, 5.41) is 11.3. The fraction of sp³-hybridized carbons (Fsp3) is 0.562. The summed E-state index contributed by atoms with van der Waals surface area (Å²) in [5.74, 6) is 3.74. The summed E-state index contributed by atoms with van der Waals surface area (Å²) in [7, 11) is 0. The van der Waals surface area contributed by atoms with Gasteiger partial charge in [-0.1, -0.05) is 0 Å². The topological polar surface area (TPSA) is 80.3 Å². The SMILES string of the molecule is CCNC(=NCCc1ccco1)NC1CCc2nc(C)nn2C1.I. The number of fused-ring (bicyclic) bond motifs is 1. The van der Waals surface area contributed by atoms with Crippen molar-refractivity contribution in [1.82, 2.24) is 25.4 Å². The lowest BCUT2D eigenvalue weighted by Crippen LogP contribution is -2.47. The maximum absolute atomic E-state index is 5.34. The van der Waals surface area contributed by atoms with Crippen LogP contribution in [0.3, 0.4) is 0 Å². The molecular formula is C16H25IN6O. The van der Waals surface area contributed by atoms with Crippen LogP contribution in [0.25, 0.3) is 0 Å². The fourth-order valence-corrected chi connectivity index (χ4v) is 2.80. The lowest BCUT2D eigenvalue weighted by atomic mass is 10.1. The Morgan fingerprint density at radius 2 is 2.38 bits per heavy atom. The predicted molar refractivity (Wildman–Crippen MR) is 104 cm³/mol. The van der Waals surface area contributed by atoms with E-state index in [0.29, 0.717) is 12.6 Å². The predicted octanol–water partition coefficient (Wildman–Crippen LogP) is 1.91. The van der Waals surface area contributed by atoms with Crippen LogP contribution >= 0.6 is 24.0 Å².